The first kappa shape index (κ1) is 12.3. The number of nitrogens with one attached hydrogen (secondary N) is 1. The summed E-state index contributed by atoms with van der Waals surface area (Å²) >= 11 is 7.45. The van der Waals surface area contributed by atoms with E-state index in [0.29, 0.717) is 5.88 Å². The predicted octanol–water partition coefficient (Wildman–Crippen LogP) is 3.41. The molecule has 5 heteroatoms. The van der Waals surface area contributed by atoms with E-state index < -0.39 is 0 Å². The molecule has 0 fully saturated rings. The van der Waals surface area contributed by atoms with Gasteiger partial charge in [-0.15, -0.1) is 11.6 Å². The van der Waals surface area contributed by atoms with Gasteiger partial charge in [0.05, 0.1) is 5.54 Å². The monoisotopic (exact) mass is 267 g/mol. The Morgan fingerprint density at radius 1 is 1.35 bits per heavy atom. The summed E-state index contributed by atoms with van der Waals surface area (Å²) in [5, 5.41) is 4.16. The lowest BCUT2D eigenvalue weighted by atomic mass is 9.94. The van der Waals surface area contributed by atoms with Gasteiger partial charge in [-0.3, -0.25) is 0 Å². The van der Waals surface area contributed by atoms with Gasteiger partial charge in [0.2, 0.25) is 5.13 Å². The van der Waals surface area contributed by atoms with Crippen LogP contribution in [0.15, 0.2) is 30.3 Å². The number of nitrogens with zero attached hydrogens (tertiary/aromatic N) is 2. The van der Waals surface area contributed by atoms with Crippen molar-refractivity contribution in [2.75, 3.05) is 11.2 Å². The van der Waals surface area contributed by atoms with E-state index in [1.165, 1.54) is 11.5 Å². The molecular weight excluding hydrogens is 254 g/mol. The van der Waals surface area contributed by atoms with Crippen molar-refractivity contribution in [2.45, 2.75) is 19.4 Å². The maximum atomic E-state index is 6.09. The Hall–Kier alpha value is -1.13. The molecule has 1 unspecified atom stereocenters. The Morgan fingerprint density at radius 2 is 2.06 bits per heavy atom. The lowest BCUT2D eigenvalue weighted by Crippen LogP contribution is -2.33. The van der Waals surface area contributed by atoms with Crippen molar-refractivity contribution in [1.29, 1.82) is 0 Å². The van der Waals surface area contributed by atoms with Crippen LogP contribution in [0.1, 0.15) is 18.3 Å². The molecule has 0 saturated carbocycles. The van der Waals surface area contributed by atoms with Gasteiger partial charge in [0.25, 0.3) is 0 Å². The molecule has 0 aliphatic carbocycles. The molecule has 1 aromatic carbocycles. The molecular formula is C12H14ClN3S. The first-order valence-corrected chi connectivity index (χ1v) is 6.65. The van der Waals surface area contributed by atoms with Crippen LogP contribution in [-0.4, -0.2) is 15.2 Å². The van der Waals surface area contributed by atoms with Gasteiger partial charge in [-0.05, 0) is 19.4 Å². The molecule has 0 saturated heterocycles. The van der Waals surface area contributed by atoms with E-state index in [-0.39, 0.29) is 5.54 Å². The van der Waals surface area contributed by atoms with Crippen molar-refractivity contribution >= 4 is 28.3 Å². The molecule has 2 rings (SSSR count). The molecule has 0 spiro atoms. The second-order valence-electron chi connectivity index (χ2n) is 4.10. The lowest BCUT2D eigenvalue weighted by molar-refractivity contribution is 0.616. The van der Waals surface area contributed by atoms with E-state index in [9.17, 15) is 0 Å². The van der Waals surface area contributed by atoms with Gasteiger partial charge in [-0.1, -0.05) is 30.3 Å². The highest BCUT2D eigenvalue weighted by Gasteiger charge is 2.26. The van der Waals surface area contributed by atoms with Gasteiger partial charge in [-0.2, -0.15) is 4.37 Å². The van der Waals surface area contributed by atoms with Crippen LogP contribution < -0.4 is 5.32 Å². The Kier molecular flexibility index (Phi) is 3.64. The van der Waals surface area contributed by atoms with Crippen LogP contribution in [-0.2, 0) is 5.54 Å². The van der Waals surface area contributed by atoms with Crippen molar-refractivity contribution < 1.29 is 0 Å². The zero-order valence-corrected chi connectivity index (χ0v) is 11.3. The standard InChI is InChI=1S/C12H14ClN3S/c1-9-14-11(17-16-9)15-12(2,8-13)10-6-4-3-5-7-10/h3-7H,8H2,1-2H3,(H,14,15,16). The molecule has 0 amide bonds. The van der Waals surface area contributed by atoms with Crippen LogP contribution in [0.3, 0.4) is 0 Å². The summed E-state index contributed by atoms with van der Waals surface area (Å²) in [5.41, 5.74) is 0.817. The normalized spacial score (nSPS) is 14.3. The van der Waals surface area contributed by atoms with E-state index in [0.717, 1.165) is 16.5 Å². The number of hydrogen-bond acceptors (Lipinski definition) is 4. The van der Waals surface area contributed by atoms with E-state index in [4.69, 9.17) is 11.6 Å². The predicted molar refractivity (Wildman–Crippen MR) is 72.8 cm³/mol. The Balaban J connectivity index is 2.26. The molecule has 90 valence electrons. The molecule has 1 N–H and O–H groups in total. The van der Waals surface area contributed by atoms with Gasteiger partial charge in [-0.25, -0.2) is 4.98 Å². The third kappa shape index (κ3) is 2.76. The van der Waals surface area contributed by atoms with Gasteiger partial charge in [0.1, 0.15) is 5.82 Å². The molecule has 3 nitrogen and oxygen atoms in total. The van der Waals surface area contributed by atoms with Crippen molar-refractivity contribution in [3.8, 4) is 0 Å². The van der Waals surface area contributed by atoms with Crippen LogP contribution in [0, 0.1) is 6.92 Å². The Morgan fingerprint density at radius 3 is 2.59 bits per heavy atom. The zero-order chi connectivity index (χ0) is 12.3. The third-order valence-corrected chi connectivity index (χ3v) is 3.84. The molecule has 17 heavy (non-hydrogen) atoms. The van der Waals surface area contributed by atoms with Crippen LogP contribution >= 0.6 is 23.1 Å². The zero-order valence-electron chi connectivity index (χ0n) is 9.77. The quantitative estimate of drug-likeness (QED) is 0.863. The van der Waals surface area contributed by atoms with Gasteiger partial charge in [0, 0.05) is 17.4 Å². The van der Waals surface area contributed by atoms with Gasteiger partial charge < -0.3 is 5.32 Å². The number of rotatable bonds is 4. The van der Waals surface area contributed by atoms with Crippen LogP contribution in [0.25, 0.3) is 0 Å². The number of alkyl halides is 1. The minimum Gasteiger partial charge on any atom is -0.350 e. The number of benzene rings is 1. The highest BCUT2D eigenvalue weighted by Crippen LogP contribution is 2.28. The fourth-order valence-electron chi connectivity index (χ4n) is 1.57. The first-order chi connectivity index (χ1) is 8.14. The molecule has 1 aromatic heterocycles. The molecule has 1 atom stereocenters. The maximum absolute atomic E-state index is 6.09. The van der Waals surface area contributed by atoms with Crippen molar-refractivity contribution in [3.63, 3.8) is 0 Å². The summed E-state index contributed by atoms with van der Waals surface area (Å²) in [6, 6.07) is 10.1. The minimum absolute atomic E-state index is 0.325. The number of aromatic nitrogens is 2. The SMILES string of the molecule is Cc1nsc(NC(C)(CCl)c2ccccc2)n1. The smallest absolute Gasteiger partial charge is 0.203 e. The largest absolute Gasteiger partial charge is 0.350 e. The average Bonchev–Trinajstić information content (AvgIpc) is 2.75. The number of halogens is 1. The summed E-state index contributed by atoms with van der Waals surface area (Å²) in [7, 11) is 0. The van der Waals surface area contributed by atoms with E-state index in [1.54, 1.807) is 0 Å². The fraction of sp³-hybridized carbons (Fsp3) is 0.333. The molecule has 0 aliphatic heterocycles. The van der Waals surface area contributed by atoms with Crippen molar-refractivity contribution in [3.05, 3.63) is 41.7 Å². The first-order valence-electron chi connectivity index (χ1n) is 5.34. The molecule has 0 bridgehead atoms. The maximum Gasteiger partial charge on any atom is 0.203 e. The number of aryl methyl sites for hydroxylation is 1. The van der Waals surface area contributed by atoms with Crippen LogP contribution in [0.5, 0.6) is 0 Å². The van der Waals surface area contributed by atoms with Crippen LogP contribution in [0.4, 0.5) is 5.13 Å². The highest BCUT2D eigenvalue weighted by atomic mass is 35.5. The molecule has 2 aromatic rings. The average molecular weight is 268 g/mol. The Labute approximate surface area is 110 Å². The van der Waals surface area contributed by atoms with Crippen molar-refractivity contribution in [2.24, 2.45) is 0 Å². The van der Waals surface area contributed by atoms with Crippen molar-refractivity contribution in [1.82, 2.24) is 9.36 Å². The van der Waals surface area contributed by atoms with Gasteiger partial charge >= 0.3 is 0 Å². The van der Waals surface area contributed by atoms with E-state index in [1.807, 2.05) is 25.1 Å². The van der Waals surface area contributed by atoms with Gasteiger partial charge in [0.15, 0.2) is 0 Å². The summed E-state index contributed by atoms with van der Waals surface area (Å²) in [4.78, 5) is 4.31. The number of anilines is 1. The lowest BCUT2D eigenvalue weighted by Gasteiger charge is -2.28. The molecule has 0 radical (unpaired) electrons. The Bertz CT molecular complexity index is 486. The molecule has 1 heterocycles. The second-order valence-corrected chi connectivity index (χ2v) is 5.12. The minimum atomic E-state index is -0.325. The summed E-state index contributed by atoms with van der Waals surface area (Å²) < 4.78 is 4.15. The van der Waals surface area contributed by atoms with Crippen LogP contribution in [0.2, 0.25) is 0 Å². The summed E-state index contributed by atoms with van der Waals surface area (Å²) in [6.07, 6.45) is 0. The second kappa shape index (κ2) is 5.02. The number of hydrogen-bond donors (Lipinski definition) is 1. The topological polar surface area (TPSA) is 37.8 Å². The fourth-order valence-corrected chi connectivity index (χ4v) is 2.50. The highest BCUT2D eigenvalue weighted by molar-refractivity contribution is 7.09. The van der Waals surface area contributed by atoms with E-state index >= 15 is 0 Å². The molecule has 0 aliphatic rings. The van der Waals surface area contributed by atoms with E-state index in [2.05, 4.69) is 33.7 Å². The summed E-state index contributed by atoms with van der Waals surface area (Å²) in [5.74, 6) is 1.25. The third-order valence-electron chi connectivity index (χ3n) is 2.59. The summed E-state index contributed by atoms with van der Waals surface area (Å²) in [6.45, 7) is 3.94.